The Bertz CT molecular complexity index is 666. The maximum absolute atomic E-state index is 6.24. The normalized spacial score (nSPS) is 16.1. The summed E-state index contributed by atoms with van der Waals surface area (Å²) in [6.45, 7) is 6.04. The van der Waals surface area contributed by atoms with Crippen LogP contribution in [0.5, 0.6) is 6.01 Å². The fourth-order valence-corrected chi connectivity index (χ4v) is 3.16. The van der Waals surface area contributed by atoms with E-state index in [1.165, 1.54) is 0 Å². The Kier molecular flexibility index (Phi) is 4.66. The molecule has 8 heteroatoms. The summed E-state index contributed by atoms with van der Waals surface area (Å²) in [5.74, 6) is 2.23. The molecule has 0 aliphatic carbocycles. The van der Waals surface area contributed by atoms with Gasteiger partial charge < -0.3 is 14.2 Å². The lowest BCUT2D eigenvalue weighted by Gasteiger charge is -2.33. The minimum atomic E-state index is 0.339. The van der Waals surface area contributed by atoms with Gasteiger partial charge in [-0.2, -0.15) is 4.98 Å². The van der Waals surface area contributed by atoms with E-state index >= 15 is 0 Å². The van der Waals surface area contributed by atoms with Crippen LogP contribution in [0.15, 0.2) is 12.5 Å². The lowest BCUT2D eigenvalue weighted by molar-refractivity contribution is 0.378. The van der Waals surface area contributed by atoms with Gasteiger partial charge >= 0.3 is 6.01 Å². The van der Waals surface area contributed by atoms with Crippen LogP contribution in [-0.2, 0) is 0 Å². The third-order valence-corrected chi connectivity index (χ3v) is 4.47. The van der Waals surface area contributed by atoms with Crippen molar-refractivity contribution in [2.75, 3.05) is 25.1 Å². The minimum absolute atomic E-state index is 0.339. The van der Waals surface area contributed by atoms with E-state index < -0.39 is 0 Å². The summed E-state index contributed by atoms with van der Waals surface area (Å²) in [6, 6.07) is 0.713. The van der Waals surface area contributed by atoms with Crippen molar-refractivity contribution in [2.24, 2.45) is 0 Å². The highest BCUT2D eigenvalue weighted by Crippen LogP contribution is 2.32. The van der Waals surface area contributed by atoms with Crippen LogP contribution < -0.4 is 9.64 Å². The zero-order chi connectivity index (χ0) is 16.4. The molecule has 3 heterocycles. The van der Waals surface area contributed by atoms with Gasteiger partial charge in [-0.1, -0.05) is 11.6 Å². The highest BCUT2D eigenvalue weighted by atomic mass is 35.5. The summed E-state index contributed by atoms with van der Waals surface area (Å²) in [5, 5.41) is 8.95. The number of anilines is 1. The molecule has 0 spiro atoms. The Labute approximate surface area is 140 Å². The van der Waals surface area contributed by atoms with Gasteiger partial charge in [0.15, 0.2) is 5.82 Å². The van der Waals surface area contributed by atoms with Gasteiger partial charge in [-0.3, -0.25) is 0 Å². The minimum Gasteiger partial charge on any atom is -0.467 e. The van der Waals surface area contributed by atoms with Gasteiger partial charge in [0.1, 0.15) is 17.2 Å². The molecule has 0 unspecified atom stereocenters. The second-order valence-corrected chi connectivity index (χ2v) is 6.39. The molecular weight excluding hydrogens is 316 g/mol. The summed E-state index contributed by atoms with van der Waals surface area (Å²) in [7, 11) is 1.55. The molecule has 1 fully saturated rings. The third kappa shape index (κ3) is 3.24. The number of aromatic nitrogens is 5. The largest absolute Gasteiger partial charge is 0.467 e. The molecule has 2 aromatic heterocycles. The molecule has 0 bridgehead atoms. The lowest BCUT2D eigenvalue weighted by Crippen LogP contribution is -2.34. The molecule has 23 heavy (non-hydrogen) atoms. The Balaban J connectivity index is 1.72. The van der Waals surface area contributed by atoms with Crippen molar-refractivity contribution in [3.63, 3.8) is 0 Å². The van der Waals surface area contributed by atoms with Crippen molar-refractivity contribution < 1.29 is 4.74 Å². The lowest BCUT2D eigenvalue weighted by atomic mass is 9.95. The maximum atomic E-state index is 6.24. The summed E-state index contributed by atoms with van der Waals surface area (Å²) < 4.78 is 7.25. The average molecular weight is 337 g/mol. The molecule has 2 aromatic rings. The molecule has 3 rings (SSSR count). The van der Waals surface area contributed by atoms with Crippen LogP contribution in [0.4, 0.5) is 5.82 Å². The number of nitrogens with zero attached hydrogens (tertiary/aromatic N) is 6. The van der Waals surface area contributed by atoms with E-state index in [0.29, 0.717) is 23.0 Å². The molecule has 0 amide bonds. The molecule has 0 saturated carbocycles. The summed E-state index contributed by atoms with van der Waals surface area (Å²) in [4.78, 5) is 10.6. The topological polar surface area (TPSA) is 69.0 Å². The Morgan fingerprint density at radius 2 is 2.04 bits per heavy atom. The van der Waals surface area contributed by atoms with Crippen molar-refractivity contribution in [1.29, 1.82) is 0 Å². The van der Waals surface area contributed by atoms with E-state index in [9.17, 15) is 0 Å². The Morgan fingerprint density at radius 3 is 2.70 bits per heavy atom. The predicted octanol–water partition coefficient (Wildman–Crippen LogP) is 2.70. The zero-order valence-electron chi connectivity index (χ0n) is 13.6. The Morgan fingerprint density at radius 1 is 1.30 bits per heavy atom. The molecule has 1 aliphatic heterocycles. The fourth-order valence-electron chi connectivity index (χ4n) is 2.95. The first kappa shape index (κ1) is 16.0. The first-order valence-electron chi connectivity index (χ1n) is 7.81. The molecule has 0 atom stereocenters. The van der Waals surface area contributed by atoms with Gasteiger partial charge in [-0.05, 0) is 26.7 Å². The number of hydrogen-bond donors (Lipinski definition) is 0. The molecule has 7 nitrogen and oxygen atoms in total. The van der Waals surface area contributed by atoms with Crippen LogP contribution in [-0.4, -0.2) is 44.9 Å². The van der Waals surface area contributed by atoms with Crippen molar-refractivity contribution in [3.8, 4) is 6.01 Å². The van der Waals surface area contributed by atoms with Gasteiger partial charge in [0.2, 0.25) is 0 Å². The first-order chi connectivity index (χ1) is 11.1. The first-order valence-corrected chi connectivity index (χ1v) is 8.18. The second-order valence-electron chi connectivity index (χ2n) is 5.98. The zero-order valence-corrected chi connectivity index (χ0v) is 14.4. The van der Waals surface area contributed by atoms with E-state index in [-0.39, 0.29) is 0 Å². The monoisotopic (exact) mass is 336 g/mol. The quantitative estimate of drug-likeness (QED) is 0.855. The van der Waals surface area contributed by atoms with Crippen molar-refractivity contribution in [3.05, 3.63) is 23.4 Å². The highest BCUT2D eigenvalue weighted by Gasteiger charge is 2.27. The molecular formula is C15H21ClN6O. The van der Waals surface area contributed by atoms with E-state index in [1.54, 1.807) is 13.3 Å². The van der Waals surface area contributed by atoms with Gasteiger partial charge in [0.25, 0.3) is 0 Å². The molecule has 124 valence electrons. The number of halogens is 1. The van der Waals surface area contributed by atoms with Crippen LogP contribution in [0.3, 0.4) is 0 Å². The van der Waals surface area contributed by atoms with Crippen LogP contribution in [0.1, 0.15) is 44.5 Å². The van der Waals surface area contributed by atoms with Crippen LogP contribution in [0.2, 0.25) is 5.02 Å². The van der Waals surface area contributed by atoms with Gasteiger partial charge in [0, 0.05) is 25.0 Å². The van der Waals surface area contributed by atoms with E-state index in [4.69, 9.17) is 16.3 Å². The number of rotatable bonds is 4. The Hall–Kier alpha value is -1.89. The molecule has 1 saturated heterocycles. The van der Waals surface area contributed by atoms with Crippen LogP contribution in [0, 0.1) is 0 Å². The van der Waals surface area contributed by atoms with Crippen LogP contribution in [0.25, 0.3) is 0 Å². The van der Waals surface area contributed by atoms with Crippen molar-refractivity contribution in [1.82, 2.24) is 24.7 Å². The van der Waals surface area contributed by atoms with Crippen molar-refractivity contribution >= 4 is 17.4 Å². The second kappa shape index (κ2) is 6.70. The molecule has 1 aliphatic rings. The predicted molar refractivity (Wildman–Crippen MR) is 88.2 cm³/mol. The van der Waals surface area contributed by atoms with Gasteiger partial charge in [-0.25, -0.2) is 4.98 Å². The number of methoxy groups -OCH3 is 1. The third-order valence-electron chi connectivity index (χ3n) is 4.20. The van der Waals surface area contributed by atoms with Crippen LogP contribution >= 0.6 is 11.6 Å². The highest BCUT2D eigenvalue weighted by molar-refractivity contribution is 6.32. The summed E-state index contributed by atoms with van der Waals surface area (Å²) >= 11 is 6.24. The number of piperidine rings is 1. The van der Waals surface area contributed by atoms with E-state index in [2.05, 4.69) is 43.5 Å². The molecule has 0 radical (unpaired) electrons. The molecule has 0 N–H and O–H groups in total. The molecule has 0 aromatic carbocycles. The van der Waals surface area contributed by atoms with Gasteiger partial charge in [0.05, 0.1) is 13.3 Å². The number of ether oxygens (including phenoxy) is 1. The maximum Gasteiger partial charge on any atom is 0.318 e. The SMILES string of the molecule is COc1ncc(Cl)c(N2CCC(c3nncn3C(C)C)CC2)n1. The summed E-state index contributed by atoms with van der Waals surface area (Å²) in [6.07, 6.45) is 5.39. The average Bonchev–Trinajstić information content (AvgIpc) is 3.05. The van der Waals surface area contributed by atoms with Gasteiger partial charge in [-0.15, -0.1) is 10.2 Å². The standard InChI is InChI=1S/C15H21ClN6O/c1-10(2)22-9-18-20-13(22)11-4-6-21(7-5-11)14-12(16)8-17-15(19-14)23-3/h8-11H,4-7H2,1-3H3. The van der Waals surface area contributed by atoms with E-state index in [0.717, 1.165) is 37.6 Å². The van der Waals surface area contributed by atoms with E-state index in [1.807, 2.05) is 6.33 Å². The number of hydrogen-bond acceptors (Lipinski definition) is 6. The van der Waals surface area contributed by atoms with Crippen molar-refractivity contribution in [2.45, 2.75) is 38.6 Å². The fraction of sp³-hybridized carbons (Fsp3) is 0.600. The smallest absolute Gasteiger partial charge is 0.318 e. The summed E-state index contributed by atoms with van der Waals surface area (Å²) in [5.41, 5.74) is 0.